The maximum atomic E-state index is 13.0. The summed E-state index contributed by atoms with van der Waals surface area (Å²) in [5.74, 6) is 0.349. The summed E-state index contributed by atoms with van der Waals surface area (Å²) >= 11 is 1.44. The summed E-state index contributed by atoms with van der Waals surface area (Å²) in [4.78, 5) is 28.0. The summed E-state index contributed by atoms with van der Waals surface area (Å²) in [6.45, 7) is 2.39. The van der Waals surface area contributed by atoms with Crippen LogP contribution in [0.5, 0.6) is 5.75 Å². The van der Waals surface area contributed by atoms with E-state index >= 15 is 0 Å². The molecule has 0 radical (unpaired) electrons. The molecule has 0 spiro atoms. The van der Waals surface area contributed by atoms with E-state index in [-0.39, 0.29) is 24.8 Å². The lowest BCUT2D eigenvalue weighted by molar-refractivity contribution is -0.142. The van der Waals surface area contributed by atoms with Crippen molar-refractivity contribution in [2.45, 2.75) is 18.2 Å². The van der Waals surface area contributed by atoms with E-state index in [1.54, 1.807) is 18.9 Å². The van der Waals surface area contributed by atoms with E-state index in [0.29, 0.717) is 11.5 Å². The van der Waals surface area contributed by atoms with Crippen LogP contribution in [0.2, 0.25) is 0 Å². The number of methoxy groups -OCH3 is 1. The van der Waals surface area contributed by atoms with Crippen molar-refractivity contribution in [3.05, 3.63) is 59.0 Å². The first-order chi connectivity index (χ1) is 13.1. The third-order valence-electron chi connectivity index (χ3n) is 4.09. The van der Waals surface area contributed by atoms with Gasteiger partial charge < -0.3 is 14.4 Å². The van der Waals surface area contributed by atoms with Crippen molar-refractivity contribution in [2.75, 3.05) is 25.2 Å². The number of para-hydroxylation sites is 1. The van der Waals surface area contributed by atoms with Crippen LogP contribution in [0.25, 0.3) is 6.08 Å². The molecule has 5 nitrogen and oxygen atoms in total. The number of hydrogen-bond acceptors (Lipinski definition) is 5. The molecule has 2 aromatic carbocycles. The number of nitrogens with zero attached hydrogens (tertiary/aromatic N) is 1. The normalized spacial score (nSPS) is 14.8. The van der Waals surface area contributed by atoms with E-state index in [1.807, 2.05) is 54.6 Å². The number of thioether (sulfide) groups is 1. The minimum absolute atomic E-state index is 0.112. The van der Waals surface area contributed by atoms with Gasteiger partial charge in [-0.3, -0.25) is 9.59 Å². The average Bonchev–Trinajstić information content (AvgIpc) is 2.69. The van der Waals surface area contributed by atoms with Crippen molar-refractivity contribution < 1.29 is 19.1 Å². The molecular weight excluding hydrogens is 362 g/mol. The van der Waals surface area contributed by atoms with Gasteiger partial charge in [0.25, 0.3) is 5.91 Å². The highest BCUT2D eigenvalue weighted by atomic mass is 32.2. The first-order valence-corrected chi connectivity index (χ1v) is 9.54. The lowest BCUT2D eigenvalue weighted by Gasteiger charge is -2.30. The number of amides is 1. The molecular formula is C21H21NO4S. The quantitative estimate of drug-likeness (QED) is 0.555. The van der Waals surface area contributed by atoms with Crippen molar-refractivity contribution in [3.8, 4) is 5.75 Å². The molecule has 0 saturated carbocycles. The summed E-state index contributed by atoms with van der Waals surface area (Å²) in [6, 6.07) is 15.2. The van der Waals surface area contributed by atoms with Gasteiger partial charge in [0.05, 0.1) is 30.7 Å². The van der Waals surface area contributed by atoms with E-state index in [9.17, 15) is 9.59 Å². The molecule has 0 bridgehead atoms. The van der Waals surface area contributed by atoms with Gasteiger partial charge >= 0.3 is 5.97 Å². The Morgan fingerprint density at radius 1 is 1.15 bits per heavy atom. The van der Waals surface area contributed by atoms with Gasteiger partial charge in [-0.05, 0) is 42.8 Å². The smallest absolute Gasteiger partial charge is 0.307 e. The molecule has 6 heteroatoms. The lowest BCUT2D eigenvalue weighted by Crippen LogP contribution is -2.36. The van der Waals surface area contributed by atoms with Crippen LogP contribution in [0.3, 0.4) is 0 Å². The molecule has 1 heterocycles. The Bertz CT molecular complexity index is 861. The Labute approximate surface area is 163 Å². The first-order valence-electron chi connectivity index (χ1n) is 8.72. The molecule has 3 rings (SSSR count). The largest absolute Gasteiger partial charge is 0.497 e. The predicted molar refractivity (Wildman–Crippen MR) is 107 cm³/mol. The van der Waals surface area contributed by atoms with E-state index in [0.717, 1.165) is 21.9 Å². The number of esters is 1. The van der Waals surface area contributed by atoms with Gasteiger partial charge in [-0.15, -0.1) is 0 Å². The first kappa shape index (κ1) is 19.0. The second-order valence-electron chi connectivity index (χ2n) is 5.86. The number of carbonyl (C=O) groups is 2. The van der Waals surface area contributed by atoms with Crippen molar-refractivity contribution in [3.63, 3.8) is 0 Å². The zero-order valence-electron chi connectivity index (χ0n) is 15.3. The Morgan fingerprint density at radius 2 is 1.89 bits per heavy atom. The van der Waals surface area contributed by atoms with E-state index in [1.165, 1.54) is 11.8 Å². The highest BCUT2D eigenvalue weighted by molar-refractivity contribution is 8.04. The van der Waals surface area contributed by atoms with Crippen molar-refractivity contribution >= 4 is 35.4 Å². The van der Waals surface area contributed by atoms with Crippen molar-refractivity contribution in [1.29, 1.82) is 0 Å². The number of fused-ring (bicyclic) bond motifs is 1. The number of anilines is 1. The summed E-state index contributed by atoms with van der Waals surface area (Å²) in [5.41, 5.74) is 1.74. The zero-order valence-corrected chi connectivity index (χ0v) is 16.1. The highest BCUT2D eigenvalue weighted by Gasteiger charge is 2.29. The molecule has 0 aromatic heterocycles. The number of benzene rings is 2. The second kappa shape index (κ2) is 8.77. The van der Waals surface area contributed by atoms with Crippen LogP contribution < -0.4 is 9.64 Å². The van der Waals surface area contributed by atoms with Gasteiger partial charge in [0, 0.05) is 11.4 Å². The van der Waals surface area contributed by atoms with Crippen LogP contribution in [-0.4, -0.2) is 32.1 Å². The molecule has 0 atom stereocenters. The number of hydrogen-bond donors (Lipinski definition) is 0. The Kier molecular flexibility index (Phi) is 6.19. The van der Waals surface area contributed by atoms with Crippen LogP contribution in [0.4, 0.5) is 5.69 Å². The van der Waals surface area contributed by atoms with Gasteiger partial charge in [-0.25, -0.2) is 0 Å². The SMILES string of the molecule is CCOC(=O)CCN1C(=O)C(=Cc2ccc(OC)cc2)Sc2ccccc21. The highest BCUT2D eigenvalue weighted by Crippen LogP contribution is 2.42. The Balaban J connectivity index is 1.87. The fraction of sp³-hybridized carbons (Fsp3) is 0.238. The Hall–Kier alpha value is -2.73. The summed E-state index contributed by atoms with van der Waals surface area (Å²) < 4.78 is 10.2. The monoisotopic (exact) mass is 383 g/mol. The van der Waals surface area contributed by atoms with E-state index < -0.39 is 0 Å². The molecule has 2 aromatic rings. The summed E-state index contributed by atoms with van der Waals surface area (Å²) in [7, 11) is 1.62. The molecule has 27 heavy (non-hydrogen) atoms. The van der Waals surface area contributed by atoms with Crippen LogP contribution in [0, 0.1) is 0 Å². The zero-order chi connectivity index (χ0) is 19.2. The molecule has 1 amide bonds. The third kappa shape index (κ3) is 4.52. The fourth-order valence-electron chi connectivity index (χ4n) is 2.77. The van der Waals surface area contributed by atoms with E-state index in [4.69, 9.17) is 9.47 Å². The predicted octanol–water partition coefficient (Wildman–Crippen LogP) is 4.13. The average molecular weight is 383 g/mol. The molecule has 1 aliphatic rings. The van der Waals surface area contributed by atoms with E-state index in [2.05, 4.69) is 0 Å². The minimum atomic E-state index is -0.304. The molecule has 140 valence electrons. The van der Waals surface area contributed by atoms with Gasteiger partial charge in [-0.2, -0.15) is 0 Å². The van der Waals surface area contributed by atoms with Gasteiger partial charge in [0.1, 0.15) is 5.75 Å². The topological polar surface area (TPSA) is 55.8 Å². The molecule has 0 unspecified atom stereocenters. The molecule has 0 fully saturated rings. The van der Waals surface area contributed by atoms with Gasteiger partial charge in [-0.1, -0.05) is 36.0 Å². The second-order valence-corrected chi connectivity index (χ2v) is 6.95. The van der Waals surface area contributed by atoms with Crippen LogP contribution in [-0.2, 0) is 14.3 Å². The number of rotatable bonds is 6. The molecule has 0 N–H and O–H groups in total. The Morgan fingerprint density at radius 3 is 2.59 bits per heavy atom. The molecule has 1 aliphatic heterocycles. The molecule has 0 saturated heterocycles. The van der Waals surface area contributed by atoms with Crippen LogP contribution in [0.1, 0.15) is 18.9 Å². The fourth-order valence-corrected chi connectivity index (χ4v) is 3.83. The maximum absolute atomic E-state index is 13.0. The van der Waals surface area contributed by atoms with Crippen LogP contribution in [0.15, 0.2) is 58.3 Å². The third-order valence-corrected chi connectivity index (χ3v) is 5.17. The minimum Gasteiger partial charge on any atom is -0.497 e. The van der Waals surface area contributed by atoms with Gasteiger partial charge in [0.2, 0.25) is 0 Å². The summed E-state index contributed by atoms with van der Waals surface area (Å²) in [5, 5.41) is 0. The molecule has 0 aliphatic carbocycles. The summed E-state index contributed by atoms with van der Waals surface area (Å²) in [6.07, 6.45) is 2.02. The number of ether oxygens (including phenoxy) is 2. The van der Waals surface area contributed by atoms with Crippen molar-refractivity contribution in [2.24, 2.45) is 0 Å². The number of carbonyl (C=O) groups excluding carboxylic acids is 2. The van der Waals surface area contributed by atoms with Crippen LogP contribution >= 0.6 is 11.8 Å². The van der Waals surface area contributed by atoms with Gasteiger partial charge in [0.15, 0.2) is 0 Å². The lowest BCUT2D eigenvalue weighted by atomic mass is 10.2. The maximum Gasteiger partial charge on any atom is 0.307 e. The standard InChI is InChI=1S/C21H21NO4S/c1-3-26-20(23)12-13-22-17-6-4-5-7-18(17)27-19(21(22)24)14-15-8-10-16(25-2)11-9-15/h4-11,14H,3,12-13H2,1-2H3. The van der Waals surface area contributed by atoms with Crippen molar-refractivity contribution in [1.82, 2.24) is 0 Å².